The van der Waals surface area contributed by atoms with Crippen molar-refractivity contribution in [2.45, 2.75) is 6.04 Å². The molecule has 2 aromatic carbocycles. The third-order valence-electron chi connectivity index (χ3n) is 3.82. The lowest BCUT2D eigenvalue weighted by Crippen LogP contribution is -2.45. The van der Waals surface area contributed by atoms with Crippen LogP contribution in [0, 0.1) is 5.82 Å². The first-order valence-electron chi connectivity index (χ1n) is 7.43. The highest BCUT2D eigenvalue weighted by molar-refractivity contribution is 6.31. The molecule has 1 aliphatic heterocycles. The topological polar surface area (TPSA) is 38.6 Å². The van der Waals surface area contributed by atoms with E-state index in [1.807, 2.05) is 24.3 Å². The Morgan fingerprint density at radius 3 is 2.91 bits per heavy atom. The summed E-state index contributed by atoms with van der Waals surface area (Å²) in [5.74, 6) is 0.422. The summed E-state index contributed by atoms with van der Waals surface area (Å²) >= 11 is 5.83. The maximum atomic E-state index is 13.2. The van der Waals surface area contributed by atoms with E-state index in [0.717, 1.165) is 23.5 Å². The first-order chi connectivity index (χ1) is 11.2. The Morgan fingerprint density at radius 2 is 2.13 bits per heavy atom. The summed E-state index contributed by atoms with van der Waals surface area (Å²) in [5, 5.41) is 6.86. The van der Waals surface area contributed by atoms with E-state index in [4.69, 9.17) is 16.3 Å². The van der Waals surface area contributed by atoms with Crippen LogP contribution in [0.25, 0.3) is 0 Å². The van der Waals surface area contributed by atoms with Crippen LogP contribution in [0.1, 0.15) is 11.6 Å². The Labute approximate surface area is 140 Å². The third-order valence-corrected chi connectivity index (χ3v) is 4.11. The number of hydrazine groups is 1. The molecule has 0 saturated carbocycles. The lowest BCUT2D eigenvalue weighted by Gasteiger charge is -2.34. The number of anilines is 1. The molecule has 1 fully saturated rings. The van der Waals surface area contributed by atoms with Gasteiger partial charge in [-0.05, 0) is 24.3 Å². The standard InChI is InChI=1S/C17H18ClFN3O/c1-23-17-5-3-2-4-13(17)16-11-22(9-8-20-16)21-12-6-7-15(19)14(18)10-12/h2-7,10,16,21H,8-9,11H2,1H3. The Morgan fingerprint density at radius 1 is 1.30 bits per heavy atom. The molecular weight excluding hydrogens is 317 g/mol. The van der Waals surface area contributed by atoms with Crippen molar-refractivity contribution in [2.75, 3.05) is 32.2 Å². The second kappa shape index (κ2) is 7.17. The van der Waals surface area contributed by atoms with Gasteiger partial charge in [-0.15, -0.1) is 0 Å². The third kappa shape index (κ3) is 3.75. The summed E-state index contributed by atoms with van der Waals surface area (Å²) in [6.07, 6.45) is 0. The van der Waals surface area contributed by atoms with Gasteiger partial charge in [-0.1, -0.05) is 29.8 Å². The normalized spacial score (nSPS) is 18.7. The van der Waals surface area contributed by atoms with Crippen LogP contribution in [0.15, 0.2) is 42.5 Å². The van der Waals surface area contributed by atoms with Crippen molar-refractivity contribution in [1.82, 2.24) is 10.3 Å². The van der Waals surface area contributed by atoms with E-state index in [1.165, 1.54) is 6.07 Å². The maximum Gasteiger partial charge on any atom is 0.141 e. The summed E-state index contributed by atoms with van der Waals surface area (Å²) in [5.41, 5.74) is 5.10. The van der Waals surface area contributed by atoms with Crippen LogP contribution in [-0.2, 0) is 0 Å². The van der Waals surface area contributed by atoms with Gasteiger partial charge in [0.05, 0.1) is 23.9 Å². The number of hydrogen-bond donors (Lipinski definition) is 1. The van der Waals surface area contributed by atoms with Gasteiger partial charge in [0.15, 0.2) is 0 Å². The summed E-state index contributed by atoms with van der Waals surface area (Å²) in [6.45, 7) is 2.20. The van der Waals surface area contributed by atoms with Crippen molar-refractivity contribution in [2.24, 2.45) is 0 Å². The molecule has 0 bridgehead atoms. The van der Waals surface area contributed by atoms with Crippen LogP contribution in [0.3, 0.4) is 0 Å². The molecule has 4 nitrogen and oxygen atoms in total. The van der Waals surface area contributed by atoms with Crippen molar-refractivity contribution in [1.29, 1.82) is 0 Å². The van der Waals surface area contributed by atoms with Crippen molar-refractivity contribution in [3.8, 4) is 5.75 Å². The quantitative estimate of drug-likeness (QED) is 0.930. The first kappa shape index (κ1) is 16.1. The SMILES string of the molecule is COc1ccccc1C1CN(Nc2ccc(F)c(Cl)c2)CC[N]1. The fourth-order valence-corrected chi connectivity index (χ4v) is 2.86. The number of nitrogens with zero attached hydrogens (tertiary/aromatic N) is 2. The highest BCUT2D eigenvalue weighted by Gasteiger charge is 2.24. The molecule has 23 heavy (non-hydrogen) atoms. The van der Waals surface area contributed by atoms with Crippen LogP contribution in [0.5, 0.6) is 5.75 Å². The lowest BCUT2D eigenvalue weighted by molar-refractivity contribution is 0.230. The van der Waals surface area contributed by atoms with E-state index in [-0.39, 0.29) is 11.1 Å². The van der Waals surface area contributed by atoms with Crippen LogP contribution < -0.4 is 15.5 Å². The molecule has 0 aromatic heterocycles. The zero-order chi connectivity index (χ0) is 16.2. The van der Waals surface area contributed by atoms with Gasteiger partial charge >= 0.3 is 0 Å². The van der Waals surface area contributed by atoms with Gasteiger partial charge in [-0.2, -0.15) is 0 Å². The highest BCUT2D eigenvalue weighted by atomic mass is 35.5. The van der Waals surface area contributed by atoms with E-state index in [0.29, 0.717) is 13.1 Å². The number of methoxy groups -OCH3 is 1. The van der Waals surface area contributed by atoms with Crippen molar-refractivity contribution in [3.63, 3.8) is 0 Å². The molecular formula is C17H18ClFN3O. The monoisotopic (exact) mass is 334 g/mol. The van der Waals surface area contributed by atoms with Gasteiger partial charge in [0.1, 0.15) is 11.6 Å². The Hall–Kier alpha value is -1.82. The van der Waals surface area contributed by atoms with Crippen LogP contribution in [0.4, 0.5) is 10.1 Å². The molecule has 0 amide bonds. The summed E-state index contributed by atoms with van der Waals surface area (Å²) in [4.78, 5) is 0. The molecule has 6 heteroatoms. The minimum absolute atomic E-state index is 0.0309. The first-order valence-corrected chi connectivity index (χ1v) is 7.81. The molecule has 1 unspecified atom stereocenters. The molecule has 1 radical (unpaired) electrons. The zero-order valence-corrected chi connectivity index (χ0v) is 13.6. The molecule has 2 aromatic rings. The molecule has 1 atom stereocenters. The van der Waals surface area contributed by atoms with Crippen molar-refractivity contribution in [3.05, 3.63) is 58.9 Å². The molecule has 1 saturated heterocycles. The lowest BCUT2D eigenvalue weighted by atomic mass is 10.0. The molecule has 1 N–H and O–H groups in total. The van der Waals surface area contributed by atoms with E-state index in [2.05, 4.69) is 15.8 Å². The molecule has 3 rings (SSSR count). The predicted octanol–water partition coefficient (Wildman–Crippen LogP) is 3.48. The van der Waals surface area contributed by atoms with Crippen LogP contribution in [-0.4, -0.2) is 31.8 Å². The van der Waals surface area contributed by atoms with Gasteiger partial charge in [0, 0.05) is 25.2 Å². The number of piperazine rings is 1. The summed E-state index contributed by atoms with van der Waals surface area (Å²) < 4.78 is 18.7. The minimum atomic E-state index is -0.419. The number of para-hydroxylation sites is 1. The van der Waals surface area contributed by atoms with E-state index < -0.39 is 5.82 Å². The number of rotatable bonds is 4. The maximum absolute atomic E-state index is 13.2. The number of nitrogens with one attached hydrogen (secondary N) is 1. The molecule has 121 valence electrons. The van der Waals surface area contributed by atoms with Crippen LogP contribution >= 0.6 is 11.6 Å². The molecule has 0 spiro atoms. The number of ether oxygens (including phenoxy) is 1. The summed E-state index contributed by atoms with van der Waals surface area (Å²) in [7, 11) is 1.66. The van der Waals surface area contributed by atoms with Crippen molar-refractivity contribution < 1.29 is 9.13 Å². The molecule has 1 aliphatic rings. The Kier molecular flexibility index (Phi) is 5.00. The Bertz CT molecular complexity index is 683. The molecule has 1 heterocycles. The fourth-order valence-electron chi connectivity index (χ4n) is 2.68. The average Bonchev–Trinajstić information content (AvgIpc) is 2.58. The second-order valence-electron chi connectivity index (χ2n) is 5.35. The van der Waals surface area contributed by atoms with E-state index in [9.17, 15) is 4.39 Å². The van der Waals surface area contributed by atoms with Crippen LogP contribution in [0.2, 0.25) is 5.02 Å². The van der Waals surface area contributed by atoms with Gasteiger partial charge in [-0.3, -0.25) is 0 Å². The van der Waals surface area contributed by atoms with Gasteiger partial charge in [-0.25, -0.2) is 14.7 Å². The van der Waals surface area contributed by atoms with Crippen molar-refractivity contribution >= 4 is 17.3 Å². The Balaban J connectivity index is 1.72. The highest BCUT2D eigenvalue weighted by Crippen LogP contribution is 2.28. The smallest absolute Gasteiger partial charge is 0.141 e. The van der Waals surface area contributed by atoms with E-state index >= 15 is 0 Å². The van der Waals surface area contributed by atoms with Gasteiger partial charge in [0.25, 0.3) is 0 Å². The van der Waals surface area contributed by atoms with Gasteiger partial charge in [0.2, 0.25) is 0 Å². The number of hydrogen-bond acceptors (Lipinski definition) is 3. The average molecular weight is 335 g/mol. The zero-order valence-electron chi connectivity index (χ0n) is 12.8. The summed E-state index contributed by atoms with van der Waals surface area (Å²) in [6, 6.07) is 12.6. The molecule has 0 aliphatic carbocycles. The van der Waals surface area contributed by atoms with E-state index in [1.54, 1.807) is 19.2 Å². The van der Waals surface area contributed by atoms with Gasteiger partial charge < -0.3 is 10.2 Å². The number of halogens is 2. The fraction of sp³-hybridized carbons (Fsp3) is 0.294. The largest absolute Gasteiger partial charge is 0.496 e. The number of benzene rings is 2. The second-order valence-corrected chi connectivity index (χ2v) is 5.76. The predicted molar refractivity (Wildman–Crippen MR) is 89.3 cm³/mol. The minimum Gasteiger partial charge on any atom is -0.496 e.